The molecule has 0 aliphatic heterocycles. The Morgan fingerprint density at radius 1 is 1.17 bits per heavy atom. The van der Waals surface area contributed by atoms with Crippen LogP contribution in [0.3, 0.4) is 0 Å². The fourth-order valence-electron chi connectivity index (χ4n) is 1.38. The van der Waals surface area contributed by atoms with E-state index in [1.165, 1.54) is 32.9 Å². The van der Waals surface area contributed by atoms with E-state index in [2.05, 4.69) is 36.4 Å². The van der Waals surface area contributed by atoms with Crippen LogP contribution in [0.25, 0.3) is 10.2 Å². The van der Waals surface area contributed by atoms with Crippen molar-refractivity contribution in [1.29, 1.82) is 0 Å². The molecule has 62 valence electrons. The highest BCUT2D eigenvalue weighted by Crippen LogP contribution is 2.25. The fraction of sp³-hybridized carbons (Fsp3) is 0.333. The van der Waals surface area contributed by atoms with E-state index >= 15 is 0 Å². The van der Waals surface area contributed by atoms with Gasteiger partial charge in [-0.3, -0.25) is 0 Å². The molecular formula is C9H10N2S. The van der Waals surface area contributed by atoms with Crippen LogP contribution in [0, 0.1) is 20.8 Å². The molecule has 1 aromatic heterocycles. The van der Waals surface area contributed by atoms with Crippen molar-refractivity contribution < 1.29 is 0 Å². The van der Waals surface area contributed by atoms with Crippen molar-refractivity contribution in [2.24, 2.45) is 0 Å². The van der Waals surface area contributed by atoms with Gasteiger partial charge in [-0.15, -0.1) is 5.10 Å². The van der Waals surface area contributed by atoms with Crippen molar-refractivity contribution in [3.05, 3.63) is 22.8 Å². The number of hydrogen-bond acceptors (Lipinski definition) is 3. The summed E-state index contributed by atoms with van der Waals surface area (Å²) in [4.78, 5) is 0. The van der Waals surface area contributed by atoms with Crippen LogP contribution in [0.2, 0.25) is 0 Å². The van der Waals surface area contributed by atoms with Crippen LogP contribution in [-0.4, -0.2) is 9.59 Å². The first-order valence-electron chi connectivity index (χ1n) is 3.89. The standard InChI is InChI=1S/C9H10N2S/c1-5-4-6(2)8-9(7(5)3)12-11-10-8/h4H,1-3H3. The third-order valence-electron chi connectivity index (χ3n) is 2.23. The number of aromatic nitrogens is 2. The lowest BCUT2D eigenvalue weighted by molar-refractivity contribution is 1.18. The highest BCUT2D eigenvalue weighted by Gasteiger charge is 2.06. The first-order valence-corrected chi connectivity index (χ1v) is 4.66. The smallest absolute Gasteiger partial charge is 0.109 e. The summed E-state index contributed by atoms with van der Waals surface area (Å²) in [5, 5.41) is 4.09. The summed E-state index contributed by atoms with van der Waals surface area (Å²) in [7, 11) is 0. The largest absolute Gasteiger partial charge is 0.138 e. The summed E-state index contributed by atoms with van der Waals surface area (Å²) < 4.78 is 5.18. The lowest BCUT2D eigenvalue weighted by Gasteiger charge is -2.01. The summed E-state index contributed by atoms with van der Waals surface area (Å²) in [5.41, 5.74) is 4.92. The lowest BCUT2D eigenvalue weighted by atomic mass is 10.1. The number of hydrogen-bond donors (Lipinski definition) is 0. The van der Waals surface area contributed by atoms with Crippen molar-refractivity contribution in [3.8, 4) is 0 Å². The molecule has 1 heterocycles. The van der Waals surface area contributed by atoms with Crippen LogP contribution >= 0.6 is 11.5 Å². The fourth-order valence-corrected chi connectivity index (χ4v) is 2.17. The summed E-state index contributed by atoms with van der Waals surface area (Å²) in [6, 6.07) is 2.17. The van der Waals surface area contributed by atoms with Crippen LogP contribution in [0.1, 0.15) is 16.7 Å². The number of rotatable bonds is 0. The van der Waals surface area contributed by atoms with Crippen LogP contribution in [0.5, 0.6) is 0 Å². The molecule has 0 fully saturated rings. The Morgan fingerprint density at radius 3 is 2.67 bits per heavy atom. The van der Waals surface area contributed by atoms with Crippen molar-refractivity contribution >= 4 is 21.7 Å². The molecule has 0 atom stereocenters. The lowest BCUT2D eigenvalue weighted by Crippen LogP contribution is -1.84. The SMILES string of the molecule is Cc1cc(C)c2nnsc2c1C. The predicted octanol–water partition coefficient (Wildman–Crippen LogP) is 2.62. The third kappa shape index (κ3) is 0.932. The van der Waals surface area contributed by atoms with Gasteiger partial charge in [-0.2, -0.15) is 0 Å². The number of nitrogens with zero attached hydrogens (tertiary/aromatic N) is 2. The van der Waals surface area contributed by atoms with Crippen LogP contribution < -0.4 is 0 Å². The molecule has 2 nitrogen and oxygen atoms in total. The van der Waals surface area contributed by atoms with Gasteiger partial charge >= 0.3 is 0 Å². The third-order valence-corrected chi connectivity index (χ3v) is 3.07. The van der Waals surface area contributed by atoms with E-state index < -0.39 is 0 Å². The first kappa shape index (κ1) is 7.68. The second-order valence-corrected chi connectivity index (χ2v) is 3.84. The monoisotopic (exact) mass is 178 g/mol. The Morgan fingerprint density at radius 2 is 1.92 bits per heavy atom. The van der Waals surface area contributed by atoms with Gasteiger partial charge in [0.25, 0.3) is 0 Å². The Balaban J connectivity index is 2.97. The average molecular weight is 178 g/mol. The maximum absolute atomic E-state index is 4.09. The molecular weight excluding hydrogens is 168 g/mol. The minimum absolute atomic E-state index is 1.06. The summed E-state index contributed by atoms with van der Waals surface area (Å²) in [5.74, 6) is 0. The molecule has 0 aliphatic rings. The molecule has 2 rings (SSSR count). The van der Waals surface area contributed by atoms with E-state index in [1.807, 2.05) is 0 Å². The van der Waals surface area contributed by atoms with Gasteiger partial charge in [0.15, 0.2) is 0 Å². The molecule has 0 radical (unpaired) electrons. The Kier molecular flexibility index (Phi) is 1.61. The van der Waals surface area contributed by atoms with Crippen LogP contribution in [0.15, 0.2) is 6.07 Å². The molecule has 1 aromatic carbocycles. The second kappa shape index (κ2) is 2.52. The topological polar surface area (TPSA) is 25.8 Å². The molecule has 0 unspecified atom stereocenters. The minimum Gasteiger partial charge on any atom is -0.138 e. The quantitative estimate of drug-likeness (QED) is 0.619. The molecule has 0 N–H and O–H groups in total. The molecule has 0 saturated heterocycles. The number of aryl methyl sites for hydroxylation is 3. The van der Waals surface area contributed by atoms with Crippen molar-refractivity contribution in [1.82, 2.24) is 9.59 Å². The molecule has 0 bridgehead atoms. The van der Waals surface area contributed by atoms with Crippen molar-refractivity contribution in [2.75, 3.05) is 0 Å². The zero-order chi connectivity index (χ0) is 8.72. The van der Waals surface area contributed by atoms with E-state index in [9.17, 15) is 0 Å². The maximum Gasteiger partial charge on any atom is 0.109 e. The van der Waals surface area contributed by atoms with Crippen LogP contribution in [-0.2, 0) is 0 Å². The molecule has 0 amide bonds. The number of benzene rings is 1. The molecule has 0 spiro atoms. The van der Waals surface area contributed by atoms with Gasteiger partial charge in [0, 0.05) is 0 Å². The van der Waals surface area contributed by atoms with E-state index in [4.69, 9.17) is 0 Å². The van der Waals surface area contributed by atoms with Gasteiger partial charge < -0.3 is 0 Å². The molecule has 12 heavy (non-hydrogen) atoms. The normalized spacial score (nSPS) is 10.9. The van der Waals surface area contributed by atoms with Gasteiger partial charge in [-0.1, -0.05) is 10.6 Å². The van der Waals surface area contributed by atoms with E-state index in [1.54, 1.807) is 0 Å². The summed E-state index contributed by atoms with van der Waals surface area (Å²) >= 11 is 1.48. The predicted molar refractivity (Wildman–Crippen MR) is 51.6 cm³/mol. The second-order valence-electron chi connectivity index (χ2n) is 3.09. The summed E-state index contributed by atoms with van der Waals surface area (Å²) in [6.45, 7) is 6.33. The first-order chi connectivity index (χ1) is 5.70. The highest BCUT2D eigenvalue weighted by atomic mass is 32.1. The zero-order valence-electron chi connectivity index (χ0n) is 7.38. The minimum atomic E-state index is 1.06. The van der Waals surface area contributed by atoms with Gasteiger partial charge in [0.05, 0.1) is 4.70 Å². The number of fused-ring (bicyclic) bond motifs is 1. The van der Waals surface area contributed by atoms with Gasteiger partial charge in [0.2, 0.25) is 0 Å². The average Bonchev–Trinajstić information content (AvgIpc) is 2.48. The molecule has 0 aliphatic carbocycles. The molecule has 2 aromatic rings. The van der Waals surface area contributed by atoms with Gasteiger partial charge in [-0.25, -0.2) is 0 Å². The Hall–Kier alpha value is -0.960. The molecule has 0 saturated carbocycles. The highest BCUT2D eigenvalue weighted by molar-refractivity contribution is 7.13. The van der Waals surface area contributed by atoms with E-state index in [-0.39, 0.29) is 0 Å². The van der Waals surface area contributed by atoms with E-state index in [0.29, 0.717) is 0 Å². The van der Waals surface area contributed by atoms with Gasteiger partial charge in [0.1, 0.15) is 5.52 Å². The molecule has 3 heteroatoms. The maximum atomic E-state index is 4.09. The van der Waals surface area contributed by atoms with Crippen molar-refractivity contribution in [3.63, 3.8) is 0 Å². The van der Waals surface area contributed by atoms with E-state index in [0.717, 1.165) is 5.52 Å². The van der Waals surface area contributed by atoms with Crippen molar-refractivity contribution in [2.45, 2.75) is 20.8 Å². The van der Waals surface area contributed by atoms with Gasteiger partial charge in [-0.05, 0) is 49.0 Å². The van der Waals surface area contributed by atoms with Crippen LogP contribution in [0.4, 0.5) is 0 Å². The Bertz CT molecular complexity index is 431. The zero-order valence-corrected chi connectivity index (χ0v) is 8.20. The summed E-state index contributed by atoms with van der Waals surface area (Å²) in [6.07, 6.45) is 0. The Labute approximate surface area is 75.4 Å².